The fourth-order valence-electron chi connectivity index (χ4n) is 3.03. The van der Waals surface area contributed by atoms with Gasteiger partial charge in [-0.05, 0) is 43.9 Å². The molecule has 24 heavy (non-hydrogen) atoms. The van der Waals surface area contributed by atoms with E-state index in [2.05, 4.69) is 41.2 Å². The van der Waals surface area contributed by atoms with E-state index in [1.807, 2.05) is 13.1 Å². The number of methoxy groups -OCH3 is 1. The fourth-order valence-corrected chi connectivity index (χ4v) is 3.03. The second-order valence-corrected chi connectivity index (χ2v) is 5.85. The normalized spacial score (nSPS) is 15.8. The summed E-state index contributed by atoms with van der Waals surface area (Å²) in [6.07, 6.45) is 2.53. The summed E-state index contributed by atoms with van der Waals surface area (Å²) in [4.78, 5) is 6.73. The molecule has 1 aliphatic heterocycles. The standard InChI is InChI=1S/C18H29N3O2.HI/c1-5-23-16-8-10-21(11-9-16)18(19-3)20-13-15-6-7-17(22-4)14(2)12-15;/h6-7,12,16H,5,8-11,13H2,1-4H3,(H,19,20);1H. The lowest BCUT2D eigenvalue weighted by molar-refractivity contribution is 0.0263. The number of ether oxygens (including phenoxy) is 2. The molecule has 0 saturated carbocycles. The number of rotatable bonds is 5. The van der Waals surface area contributed by atoms with Crippen molar-refractivity contribution in [3.8, 4) is 5.75 Å². The predicted octanol–water partition coefficient (Wildman–Crippen LogP) is 3.20. The molecule has 1 saturated heterocycles. The lowest BCUT2D eigenvalue weighted by atomic mass is 10.1. The number of guanidine groups is 1. The molecule has 2 rings (SSSR count). The number of nitrogens with one attached hydrogen (secondary N) is 1. The van der Waals surface area contributed by atoms with Gasteiger partial charge in [0.15, 0.2) is 5.96 Å². The van der Waals surface area contributed by atoms with Crippen molar-refractivity contribution in [1.82, 2.24) is 10.2 Å². The van der Waals surface area contributed by atoms with Gasteiger partial charge in [-0.2, -0.15) is 0 Å². The summed E-state index contributed by atoms with van der Waals surface area (Å²) in [7, 11) is 3.55. The van der Waals surface area contributed by atoms with Crippen LogP contribution in [0.1, 0.15) is 30.9 Å². The third kappa shape index (κ3) is 5.81. The number of hydrogen-bond donors (Lipinski definition) is 1. The number of piperidine rings is 1. The fraction of sp³-hybridized carbons (Fsp3) is 0.611. The van der Waals surface area contributed by atoms with Gasteiger partial charge in [-0.3, -0.25) is 4.99 Å². The van der Waals surface area contributed by atoms with Crippen molar-refractivity contribution in [2.24, 2.45) is 4.99 Å². The number of halogens is 1. The highest BCUT2D eigenvalue weighted by atomic mass is 127. The van der Waals surface area contributed by atoms with E-state index in [4.69, 9.17) is 9.47 Å². The molecule has 1 aliphatic rings. The van der Waals surface area contributed by atoms with Gasteiger partial charge in [0.05, 0.1) is 13.2 Å². The number of benzene rings is 1. The Morgan fingerprint density at radius 2 is 2.04 bits per heavy atom. The van der Waals surface area contributed by atoms with Crippen LogP contribution in [0.3, 0.4) is 0 Å². The highest BCUT2D eigenvalue weighted by Crippen LogP contribution is 2.18. The topological polar surface area (TPSA) is 46.1 Å². The first-order valence-electron chi connectivity index (χ1n) is 8.38. The molecular weight excluding hydrogens is 417 g/mol. The Kier molecular flexibility index (Phi) is 9.43. The summed E-state index contributed by atoms with van der Waals surface area (Å²) in [5.41, 5.74) is 2.38. The van der Waals surface area contributed by atoms with Gasteiger partial charge < -0.3 is 19.7 Å². The molecule has 0 amide bonds. The molecule has 0 spiro atoms. The Balaban J connectivity index is 0.00000288. The van der Waals surface area contributed by atoms with E-state index < -0.39 is 0 Å². The van der Waals surface area contributed by atoms with E-state index in [0.29, 0.717) is 6.10 Å². The molecule has 0 unspecified atom stereocenters. The molecule has 6 heteroatoms. The highest BCUT2D eigenvalue weighted by Gasteiger charge is 2.21. The third-order valence-corrected chi connectivity index (χ3v) is 4.27. The maximum absolute atomic E-state index is 5.71. The Labute approximate surface area is 162 Å². The van der Waals surface area contributed by atoms with Crippen LogP contribution in [-0.4, -0.2) is 50.8 Å². The van der Waals surface area contributed by atoms with Gasteiger partial charge in [0.1, 0.15) is 5.75 Å². The Morgan fingerprint density at radius 3 is 2.58 bits per heavy atom. The molecule has 0 aromatic heterocycles. The van der Waals surface area contributed by atoms with E-state index >= 15 is 0 Å². The quantitative estimate of drug-likeness (QED) is 0.428. The van der Waals surface area contributed by atoms with Crippen molar-refractivity contribution in [2.75, 3.05) is 33.9 Å². The summed E-state index contributed by atoms with van der Waals surface area (Å²) >= 11 is 0. The molecule has 5 nitrogen and oxygen atoms in total. The Bertz CT molecular complexity index is 529. The molecule has 0 radical (unpaired) electrons. The minimum atomic E-state index is 0. The minimum Gasteiger partial charge on any atom is -0.496 e. The van der Waals surface area contributed by atoms with Gasteiger partial charge in [0.25, 0.3) is 0 Å². The van der Waals surface area contributed by atoms with Crippen molar-refractivity contribution in [3.05, 3.63) is 29.3 Å². The lowest BCUT2D eigenvalue weighted by Gasteiger charge is -2.34. The SMILES string of the molecule is CCOC1CCN(C(=NC)NCc2ccc(OC)c(C)c2)CC1.I. The summed E-state index contributed by atoms with van der Waals surface area (Å²) in [6.45, 7) is 7.68. The molecular formula is C18H30IN3O2. The highest BCUT2D eigenvalue weighted by molar-refractivity contribution is 14.0. The van der Waals surface area contributed by atoms with Crippen LogP contribution in [0.15, 0.2) is 23.2 Å². The first-order chi connectivity index (χ1) is 11.2. The largest absolute Gasteiger partial charge is 0.496 e. The van der Waals surface area contributed by atoms with Crippen LogP contribution in [0.2, 0.25) is 0 Å². The summed E-state index contributed by atoms with van der Waals surface area (Å²) < 4.78 is 11.0. The zero-order valence-corrected chi connectivity index (χ0v) is 17.5. The van der Waals surface area contributed by atoms with E-state index in [1.54, 1.807) is 7.11 Å². The van der Waals surface area contributed by atoms with Gasteiger partial charge >= 0.3 is 0 Å². The molecule has 0 aliphatic carbocycles. The van der Waals surface area contributed by atoms with E-state index in [9.17, 15) is 0 Å². The molecule has 1 aromatic carbocycles. The zero-order chi connectivity index (χ0) is 16.7. The third-order valence-electron chi connectivity index (χ3n) is 4.27. The molecule has 1 heterocycles. The second kappa shape index (κ2) is 10.8. The van der Waals surface area contributed by atoms with Crippen molar-refractivity contribution >= 4 is 29.9 Å². The number of nitrogens with zero attached hydrogens (tertiary/aromatic N) is 2. The maximum Gasteiger partial charge on any atom is 0.193 e. The summed E-state index contributed by atoms with van der Waals surface area (Å²) in [5.74, 6) is 1.89. The van der Waals surface area contributed by atoms with E-state index in [-0.39, 0.29) is 24.0 Å². The first kappa shape index (κ1) is 21.0. The molecule has 1 aromatic rings. The molecule has 1 N–H and O–H groups in total. The van der Waals surface area contributed by atoms with Gasteiger partial charge in [0, 0.05) is 33.3 Å². The van der Waals surface area contributed by atoms with Gasteiger partial charge in [-0.1, -0.05) is 12.1 Å². The van der Waals surface area contributed by atoms with Crippen molar-refractivity contribution in [1.29, 1.82) is 0 Å². The zero-order valence-electron chi connectivity index (χ0n) is 15.2. The maximum atomic E-state index is 5.71. The monoisotopic (exact) mass is 447 g/mol. The molecule has 0 bridgehead atoms. The summed E-state index contributed by atoms with van der Waals surface area (Å²) in [5, 5.41) is 3.46. The van der Waals surface area contributed by atoms with Crippen molar-refractivity contribution in [3.63, 3.8) is 0 Å². The lowest BCUT2D eigenvalue weighted by Crippen LogP contribution is -2.46. The minimum absolute atomic E-state index is 0. The molecule has 0 atom stereocenters. The van der Waals surface area contributed by atoms with Crippen LogP contribution in [0.4, 0.5) is 0 Å². The number of hydrogen-bond acceptors (Lipinski definition) is 3. The van der Waals surface area contributed by atoms with Crippen molar-refractivity contribution < 1.29 is 9.47 Å². The van der Waals surface area contributed by atoms with Crippen molar-refractivity contribution in [2.45, 2.75) is 39.3 Å². The van der Waals surface area contributed by atoms with Crippen LogP contribution in [0, 0.1) is 6.92 Å². The van der Waals surface area contributed by atoms with Crippen LogP contribution < -0.4 is 10.1 Å². The van der Waals surface area contributed by atoms with Crippen LogP contribution >= 0.6 is 24.0 Å². The second-order valence-electron chi connectivity index (χ2n) is 5.85. The number of likely N-dealkylation sites (tertiary alicyclic amines) is 1. The van der Waals surface area contributed by atoms with E-state index in [1.165, 1.54) is 5.56 Å². The van der Waals surface area contributed by atoms with Gasteiger partial charge in [-0.15, -0.1) is 24.0 Å². The van der Waals surface area contributed by atoms with Crippen LogP contribution in [-0.2, 0) is 11.3 Å². The number of aliphatic imine (C=N–C) groups is 1. The first-order valence-corrected chi connectivity index (χ1v) is 8.38. The Morgan fingerprint density at radius 1 is 1.33 bits per heavy atom. The predicted molar refractivity (Wildman–Crippen MR) is 110 cm³/mol. The Hall–Kier alpha value is -1.02. The molecule has 1 fully saturated rings. The number of aryl methyl sites for hydroxylation is 1. The van der Waals surface area contributed by atoms with Gasteiger partial charge in [-0.25, -0.2) is 0 Å². The average Bonchev–Trinajstić information content (AvgIpc) is 2.57. The molecule has 136 valence electrons. The van der Waals surface area contributed by atoms with Crippen LogP contribution in [0.25, 0.3) is 0 Å². The van der Waals surface area contributed by atoms with E-state index in [0.717, 1.165) is 56.4 Å². The summed E-state index contributed by atoms with van der Waals surface area (Å²) in [6, 6.07) is 6.26. The average molecular weight is 447 g/mol. The smallest absolute Gasteiger partial charge is 0.193 e. The van der Waals surface area contributed by atoms with Crippen LogP contribution in [0.5, 0.6) is 5.75 Å². The van der Waals surface area contributed by atoms with Gasteiger partial charge in [0.2, 0.25) is 0 Å².